The number of nitrogens with one attached hydrogen (secondary N) is 1. The summed E-state index contributed by atoms with van der Waals surface area (Å²) in [6, 6.07) is 1.74. The van der Waals surface area contributed by atoms with Crippen molar-refractivity contribution < 1.29 is 9.53 Å². The van der Waals surface area contributed by atoms with Gasteiger partial charge in [-0.15, -0.1) is 0 Å². The second kappa shape index (κ2) is 4.72. The fourth-order valence-electron chi connectivity index (χ4n) is 1.26. The van der Waals surface area contributed by atoms with Crippen LogP contribution in [0, 0.1) is 6.92 Å². The van der Waals surface area contributed by atoms with Crippen molar-refractivity contribution in [3.8, 4) is 5.75 Å². The van der Waals surface area contributed by atoms with Gasteiger partial charge in [0, 0.05) is 11.8 Å². The minimum Gasteiger partial charge on any atom is -0.496 e. The first-order chi connectivity index (χ1) is 6.70. The molecule has 0 amide bonds. The Kier molecular flexibility index (Phi) is 3.59. The molecule has 0 unspecified atom stereocenters. The van der Waals surface area contributed by atoms with E-state index in [0.29, 0.717) is 18.0 Å². The van der Waals surface area contributed by atoms with Crippen LogP contribution >= 0.6 is 0 Å². The predicted molar refractivity (Wildman–Crippen MR) is 53.8 cm³/mol. The third-order valence-electron chi connectivity index (χ3n) is 1.98. The van der Waals surface area contributed by atoms with Gasteiger partial charge in [0.15, 0.2) is 5.78 Å². The van der Waals surface area contributed by atoms with Gasteiger partial charge in [0.05, 0.1) is 13.7 Å². The van der Waals surface area contributed by atoms with E-state index in [9.17, 15) is 4.79 Å². The first-order valence-corrected chi connectivity index (χ1v) is 4.38. The Hall–Kier alpha value is -1.42. The summed E-state index contributed by atoms with van der Waals surface area (Å²) in [6.45, 7) is 2.12. The molecule has 14 heavy (non-hydrogen) atoms. The second-order valence-corrected chi connectivity index (χ2v) is 2.94. The van der Waals surface area contributed by atoms with Crippen LogP contribution in [0.25, 0.3) is 0 Å². The largest absolute Gasteiger partial charge is 0.496 e. The molecular weight excluding hydrogens is 180 g/mol. The van der Waals surface area contributed by atoms with Crippen molar-refractivity contribution in [2.75, 3.05) is 20.7 Å². The molecule has 0 bridgehead atoms. The Bertz CT molecular complexity index is 337. The Morgan fingerprint density at radius 3 is 2.93 bits per heavy atom. The van der Waals surface area contributed by atoms with E-state index in [0.717, 1.165) is 5.56 Å². The smallest absolute Gasteiger partial charge is 0.195 e. The maximum Gasteiger partial charge on any atom is 0.195 e. The van der Waals surface area contributed by atoms with Gasteiger partial charge in [0.1, 0.15) is 11.4 Å². The van der Waals surface area contributed by atoms with E-state index in [1.807, 2.05) is 6.92 Å². The van der Waals surface area contributed by atoms with E-state index in [2.05, 4.69) is 10.3 Å². The zero-order chi connectivity index (χ0) is 10.6. The van der Waals surface area contributed by atoms with E-state index in [1.54, 1.807) is 26.4 Å². The second-order valence-electron chi connectivity index (χ2n) is 2.94. The molecule has 1 N–H and O–H groups in total. The number of methoxy groups -OCH3 is 1. The fraction of sp³-hybridized carbons (Fsp3) is 0.400. The van der Waals surface area contributed by atoms with Crippen molar-refractivity contribution in [2.24, 2.45) is 0 Å². The van der Waals surface area contributed by atoms with Crippen LogP contribution in [0.3, 0.4) is 0 Å². The van der Waals surface area contributed by atoms with Gasteiger partial charge in [-0.05, 0) is 20.0 Å². The number of nitrogens with zero attached hydrogens (tertiary/aromatic N) is 1. The van der Waals surface area contributed by atoms with Gasteiger partial charge in [-0.3, -0.25) is 9.78 Å². The highest BCUT2D eigenvalue weighted by Gasteiger charge is 2.12. The van der Waals surface area contributed by atoms with Crippen LogP contribution in [0.1, 0.15) is 16.1 Å². The number of aromatic nitrogens is 1. The molecule has 1 aromatic heterocycles. The third kappa shape index (κ3) is 2.09. The summed E-state index contributed by atoms with van der Waals surface area (Å²) in [4.78, 5) is 15.6. The molecule has 0 aliphatic carbocycles. The average Bonchev–Trinajstić information content (AvgIpc) is 2.18. The Morgan fingerprint density at radius 1 is 1.64 bits per heavy atom. The highest BCUT2D eigenvalue weighted by molar-refractivity contribution is 5.97. The van der Waals surface area contributed by atoms with Crippen LogP contribution in [0.5, 0.6) is 5.75 Å². The molecule has 76 valence electrons. The van der Waals surface area contributed by atoms with Gasteiger partial charge in [-0.25, -0.2) is 0 Å². The average molecular weight is 194 g/mol. The van der Waals surface area contributed by atoms with Gasteiger partial charge < -0.3 is 10.1 Å². The minimum absolute atomic E-state index is 0.0242. The molecule has 0 spiro atoms. The molecule has 0 saturated carbocycles. The lowest BCUT2D eigenvalue weighted by Crippen LogP contribution is -2.20. The molecular formula is C10H14N2O2. The molecule has 0 atom stereocenters. The Balaban J connectivity index is 3.03. The first-order valence-electron chi connectivity index (χ1n) is 4.38. The van der Waals surface area contributed by atoms with Crippen molar-refractivity contribution >= 4 is 5.78 Å². The summed E-state index contributed by atoms with van der Waals surface area (Å²) in [7, 11) is 3.31. The predicted octanol–water partition coefficient (Wildman–Crippen LogP) is 0.801. The van der Waals surface area contributed by atoms with Gasteiger partial charge in [0.2, 0.25) is 0 Å². The number of pyridine rings is 1. The highest BCUT2D eigenvalue weighted by Crippen LogP contribution is 2.18. The van der Waals surface area contributed by atoms with Crippen molar-refractivity contribution in [1.82, 2.24) is 10.3 Å². The van der Waals surface area contributed by atoms with Crippen LogP contribution in [0.2, 0.25) is 0 Å². The van der Waals surface area contributed by atoms with Crippen LogP contribution in [-0.4, -0.2) is 31.5 Å². The van der Waals surface area contributed by atoms with Crippen LogP contribution < -0.4 is 10.1 Å². The normalized spacial score (nSPS) is 9.93. The van der Waals surface area contributed by atoms with Crippen molar-refractivity contribution in [1.29, 1.82) is 0 Å². The number of likely N-dealkylation sites (N-methyl/N-ethyl adjacent to an activating group) is 1. The number of ketones is 1. The lowest BCUT2D eigenvalue weighted by molar-refractivity contribution is 0.0988. The van der Waals surface area contributed by atoms with Crippen LogP contribution in [0.15, 0.2) is 12.3 Å². The fourth-order valence-corrected chi connectivity index (χ4v) is 1.26. The van der Waals surface area contributed by atoms with E-state index < -0.39 is 0 Å². The summed E-state index contributed by atoms with van der Waals surface area (Å²) >= 11 is 0. The molecule has 0 saturated heterocycles. The molecule has 0 fully saturated rings. The topological polar surface area (TPSA) is 51.2 Å². The van der Waals surface area contributed by atoms with Gasteiger partial charge in [-0.1, -0.05) is 0 Å². The summed E-state index contributed by atoms with van der Waals surface area (Å²) in [5, 5.41) is 2.80. The zero-order valence-corrected chi connectivity index (χ0v) is 8.63. The van der Waals surface area contributed by atoms with Crippen molar-refractivity contribution in [2.45, 2.75) is 6.92 Å². The maximum atomic E-state index is 11.6. The number of hydrogen-bond donors (Lipinski definition) is 1. The lowest BCUT2D eigenvalue weighted by atomic mass is 10.1. The molecule has 0 aromatic carbocycles. The Morgan fingerprint density at radius 2 is 2.36 bits per heavy atom. The van der Waals surface area contributed by atoms with Gasteiger partial charge in [-0.2, -0.15) is 0 Å². The molecule has 0 radical (unpaired) electrons. The number of carbonyl (C=O) groups is 1. The minimum atomic E-state index is -0.0242. The van der Waals surface area contributed by atoms with Crippen LogP contribution in [-0.2, 0) is 0 Å². The molecule has 4 nitrogen and oxygen atoms in total. The molecule has 1 aromatic rings. The van der Waals surface area contributed by atoms with E-state index in [4.69, 9.17) is 4.74 Å². The molecule has 4 heteroatoms. The molecule has 1 rings (SSSR count). The summed E-state index contributed by atoms with van der Waals surface area (Å²) < 4.78 is 5.10. The van der Waals surface area contributed by atoms with E-state index in [1.165, 1.54) is 0 Å². The monoisotopic (exact) mass is 194 g/mol. The van der Waals surface area contributed by atoms with Crippen molar-refractivity contribution in [3.63, 3.8) is 0 Å². The number of ether oxygens (including phenoxy) is 1. The highest BCUT2D eigenvalue weighted by atomic mass is 16.5. The number of carbonyl (C=O) groups excluding carboxylic acids is 1. The number of Topliss-reactive ketones (excluding diaryl/α,β-unsaturated/α-hetero) is 1. The summed E-state index contributed by atoms with van der Waals surface area (Å²) in [6.07, 6.45) is 1.58. The Labute approximate surface area is 83.3 Å². The SMILES string of the molecule is CNCC(=O)c1nccc(OC)c1C. The first kappa shape index (κ1) is 10.7. The van der Waals surface area contributed by atoms with Crippen LogP contribution in [0.4, 0.5) is 0 Å². The molecule has 0 aliphatic rings. The standard InChI is InChI=1S/C10H14N2O2/c1-7-9(14-3)4-5-12-10(7)8(13)6-11-2/h4-5,11H,6H2,1-3H3. The van der Waals surface area contributed by atoms with Gasteiger partial charge >= 0.3 is 0 Å². The van der Waals surface area contributed by atoms with Gasteiger partial charge in [0.25, 0.3) is 0 Å². The quantitative estimate of drug-likeness (QED) is 0.720. The van der Waals surface area contributed by atoms with Crippen molar-refractivity contribution in [3.05, 3.63) is 23.5 Å². The van der Waals surface area contributed by atoms with E-state index >= 15 is 0 Å². The third-order valence-corrected chi connectivity index (χ3v) is 1.98. The molecule has 0 aliphatic heterocycles. The number of rotatable bonds is 4. The summed E-state index contributed by atoms with van der Waals surface area (Å²) in [5.74, 6) is 0.670. The lowest BCUT2D eigenvalue weighted by Gasteiger charge is -2.07. The zero-order valence-electron chi connectivity index (χ0n) is 8.63. The molecule has 1 heterocycles. The maximum absolute atomic E-state index is 11.6. The summed E-state index contributed by atoms with van der Waals surface area (Å²) in [5.41, 5.74) is 1.26. The number of hydrogen-bond acceptors (Lipinski definition) is 4. The van der Waals surface area contributed by atoms with E-state index in [-0.39, 0.29) is 5.78 Å².